The number of anilines is 1. The van der Waals surface area contributed by atoms with Crippen molar-refractivity contribution < 1.29 is 4.74 Å². The number of rotatable bonds is 6. The third-order valence-electron chi connectivity index (χ3n) is 7.12. The van der Waals surface area contributed by atoms with Gasteiger partial charge in [0.2, 0.25) is 5.95 Å². The van der Waals surface area contributed by atoms with Crippen molar-refractivity contribution in [3.63, 3.8) is 0 Å². The van der Waals surface area contributed by atoms with Crippen LogP contribution in [0.3, 0.4) is 0 Å². The van der Waals surface area contributed by atoms with Crippen molar-refractivity contribution in [2.75, 3.05) is 31.1 Å². The van der Waals surface area contributed by atoms with E-state index in [1.54, 1.807) is 6.20 Å². The lowest BCUT2D eigenvalue weighted by Gasteiger charge is -2.43. The first-order chi connectivity index (χ1) is 16.6. The van der Waals surface area contributed by atoms with E-state index in [9.17, 15) is 5.26 Å². The summed E-state index contributed by atoms with van der Waals surface area (Å²) < 4.78 is 6.05. The standard InChI is InChI=1S/C27H28ClN5O/c1-19-20(17-29)15-22(16-25(19)28)27(8-2-9-27)21-3-5-24(6-4-21)34-18-23-7-10-31-26(32-23)33-13-11-30-12-14-33/h3-7,10,15-16,30H,2,8-9,11-14,18H2,1H3. The maximum atomic E-state index is 9.54. The minimum absolute atomic E-state index is 0.0909. The first-order valence-electron chi connectivity index (χ1n) is 11.8. The van der Waals surface area contributed by atoms with E-state index in [1.165, 1.54) is 5.56 Å². The van der Waals surface area contributed by atoms with Crippen molar-refractivity contribution in [1.29, 1.82) is 5.26 Å². The maximum Gasteiger partial charge on any atom is 0.225 e. The largest absolute Gasteiger partial charge is 0.487 e. The SMILES string of the molecule is Cc1c(Cl)cc(C2(c3ccc(OCc4ccnc(N5CCNCC5)n4)cc3)CCC2)cc1C#N. The molecule has 5 rings (SSSR count). The van der Waals surface area contributed by atoms with E-state index in [0.717, 1.165) is 74.0 Å². The van der Waals surface area contributed by atoms with Crippen LogP contribution in [0.25, 0.3) is 0 Å². The molecule has 6 nitrogen and oxygen atoms in total. The molecule has 174 valence electrons. The average Bonchev–Trinajstić information content (AvgIpc) is 2.85. The maximum absolute atomic E-state index is 9.54. The van der Waals surface area contributed by atoms with Crippen LogP contribution in [0.4, 0.5) is 5.95 Å². The lowest BCUT2D eigenvalue weighted by Crippen LogP contribution is -2.44. The molecule has 1 aromatic heterocycles. The van der Waals surface area contributed by atoms with Gasteiger partial charge in [0.25, 0.3) is 0 Å². The Morgan fingerprint density at radius 2 is 1.88 bits per heavy atom. The van der Waals surface area contributed by atoms with E-state index in [0.29, 0.717) is 17.2 Å². The number of benzene rings is 2. The Hall–Kier alpha value is -3.14. The molecule has 1 aliphatic heterocycles. The Balaban J connectivity index is 1.30. The van der Waals surface area contributed by atoms with Crippen LogP contribution in [0.5, 0.6) is 5.75 Å². The topological polar surface area (TPSA) is 74.1 Å². The second kappa shape index (κ2) is 9.61. The van der Waals surface area contributed by atoms with E-state index in [4.69, 9.17) is 16.3 Å². The minimum Gasteiger partial charge on any atom is -0.487 e. The molecule has 1 aliphatic carbocycles. The normalized spacial score (nSPS) is 17.0. The third-order valence-corrected chi connectivity index (χ3v) is 7.51. The molecule has 1 saturated heterocycles. The lowest BCUT2D eigenvalue weighted by atomic mass is 9.60. The number of hydrogen-bond acceptors (Lipinski definition) is 6. The molecule has 2 aliphatic rings. The summed E-state index contributed by atoms with van der Waals surface area (Å²) in [5.74, 6) is 1.57. The Bertz CT molecular complexity index is 1210. The van der Waals surface area contributed by atoms with Crippen molar-refractivity contribution in [2.45, 2.75) is 38.2 Å². The average molecular weight is 474 g/mol. The van der Waals surface area contributed by atoms with Gasteiger partial charge in [-0.3, -0.25) is 0 Å². The lowest BCUT2D eigenvalue weighted by molar-refractivity contribution is 0.294. The summed E-state index contributed by atoms with van der Waals surface area (Å²) >= 11 is 6.47. The van der Waals surface area contributed by atoms with Gasteiger partial charge in [0.05, 0.1) is 17.3 Å². The van der Waals surface area contributed by atoms with Gasteiger partial charge in [-0.1, -0.05) is 30.2 Å². The Morgan fingerprint density at radius 3 is 2.56 bits per heavy atom. The van der Waals surface area contributed by atoms with Gasteiger partial charge in [0.1, 0.15) is 12.4 Å². The van der Waals surface area contributed by atoms with Crippen LogP contribution in [0, 0.1) is 18.3 Å². The molecule has 1 N–H and O–H groups in total. The first kappa shape index (κ1) is 22.6. The number of ether oxygens (including phenoxy) is 1. The minimum atomic E-state index is -0.0909. The smallest absolute Gasteiger partial charge is 0.225 e. The molecule has 0 bridgehead atoms. The number of hydrogen-bond donors (Lipinski definition) is 1. The highest BCUT2D eigenvalue weighted by atomic mass is 35.5. The van der Waals surface area contributed by atoms with Crippen LogP contribution < -0.4 is 15.0 Å². The van der Waals surface area contributed by atoms with Crippen molar-refractivity contribution in [2.24, 2.45) is 0 Å². The highest BCUT2D eigenvalue weighted by Crippen LogP contribution is 2.50. The van der Waals surface area contributed by atoms with Crippen molar-refractivity contribution in [3.05, 3.63) is 81.6 Å². The molecular formula is C27H28ClN5O. The predicted octanol–water partition coefficient (Wildman–Crippen LogP) is 4.77. The summed E-state index contributed by atoms with van der Waals surface area (Å²) in [6, 6.07) is 16.6. The summed E-state index contributed by atoms with van der Waals surface area (Å²) in [5, 5.41) is 13.5. The van der Waals surface area contributed by atoms with E-state index in [-0.39, 0.29) is 5.41 Å². The molecule has 3 aromatic rings. The zero-order valence-corrected chi connectivity index (χ0v) is 20.1. The van der Waals surface area contributed by atoms with Gasteiger partial charge in [0.15, 0.2) is 0 Å². The molecule has 0 radical (unpaired) electrons. The molecular weight excluding hydrogens is 446 g/mol. The van der Waals surface area contributed by atoms with Crippen molar-refractivity contribution in [1.82, 2.24) is 15.3 Å². The van der Waals surface area contributed by atoms with Gasteiger partial charge in [-0.05, 0) is 66.8 Å². The van der Waals surface area contributed by atoms with Gasteiger partial charge in [-0.25, -0.2) is 9.97 Å². The zero-order valence-electron chi connectivity index (χ0n) is 19.4. The molecule has 7 heteroatoms. The highest BCUT2D eigenvalue weighted by Gasteiger charge is 2.40. The Labute approximate surface area is 205 Å². The van der Waals surface area contributed by atoms with Crippen molar-refractivity contribution in [3.8, 4) is 11.8 Å². The van der Waals surface area contributed by atoms with Gasteiger partial charge < -0.3 is 15.0 Å². The highest BCUT2D eigenvalue weighted by molar-refractivity contribution is 6.31. The van der Waals surface area contributed by atoms with E-state index < -0.39 is 0 Å². The number of piperazine rings is 1. The summed E-state index contributed by atoms with van der Waals surface area (Å²) in [6.45, 7) is 6.01. The summed E-state index contributed by atoms with van der Waals surface area (Å²) in [4.78, 5) is 11.3. The van der Waals surface area contributed by atoms with E-state index >= 15 is 0 Å². The van der Waals surface area contributed by atoms with Crippen LogP contribution in [0.1, 0.15) is 47.2 Å². The summed E-state index contributed by atoms with van der Waals surface area (Å²) in [5.41, 5.74) is 4.63. The van der Waals surface area contributed by atoms with Gasteiger partial charge >= 0.3 is 0 Å². The van der Waals surface area contributed by atoms with Crippen LogP contribution >= 0.6 is 11.6 Å². The van der Waals surface area contributed by atoms with Crippen LogP contribution in [-0.2, 0) is 12.0 Å². The zero-order chi connectivity index (χ0) is 23.5. The van der Waals surface area contributed by atoms with E-state index in [1.807, 2.05) is 37.3 Å². The third kappa shape index (κ3) is 4.34. The molecule has 0 amide bonds. The quantitative estimate of drug-likeness (QED) is 0.556. The first-order valence-corrected chi connectivity index (χ1v) is 12.2. The molecule has 2 heterocycles. The molecule has 0 spiro atoms. The van der Waals surface area contributed by atoms with Gasteiger partial charge in [0, 0.05) is 42.8 Å². The monoisotopic (exact) mass is 473 g/mol. The molecule has 0 atom stereocenters. The van der Waals surface area contributed by atoms with Crippen LogP contribution in [0.15, 0.2) is 48.7 Å². The van der Waals surface area contributed by atoms with Crippen LogP contribution in [-0.4, -0.2) is 36.1 Å². The fourth-order valence-electron chi connectivity index (χ4n) is 4.86. The number of halogens is 1. The van der Waals surface area contributed by atoms with E-state index in [2.05, 4.69) is 38.4 Å². The number of nitrogens with one attached hydrogen (secondary N) is 1. The number of nitriles is 1. The molecule has 0 unspecified atom stereocenters. The Morgan fingerprint density at radius 1 is 1.12 bits per heavy atom. The van der Waals surface area contributed by atoms with Gasteiger partial charge in [-0.15, -0.1) is 0 Å². The molecule has 34 heavy (non-hydrogen) atoms. The van der Waals surface area contributed by atoms with Crippen LogP contribution in [0.2, 0.25) is 5.02 Å². The number of nitrogens with zero attached hydrogens (tertiary/aromatic N) is 4. The van der Waals surface area contributed by atoms with Crippen molar-refractivity contribution >= 4 is 17.5 Å². The molecule has 2 aromatic carbocycles. The number of aromatic nitrogens is 2. The summed E-state index contributed by atoms with van der Waals surface area (Å²) in [6.07, 6.45) is 5.06. The Kier molecular flexibility index (Phi) is 6.40. The second-order valence-corrected chi connectivity index (χ2v) is 9.48. The molecule has 1 saturated carbocycles. The predicted molar refractivity (Wildman–Crippen MR) is 133 cm³/mol. The second-order valence-electron chi connectivity index (χ2n) is 9.08. The summed E-state index contributed by atoms with van der Waals surface area (Å²) in [7, 11) is 0. The molecule has 2 fully saturated rings. The van der Waals surface area contributed by atoms with Gasteiger partial charge in [-0.2, -0.15) is 5.26 Å². The fourth-order valence-corrected chi connectivity index (χ4v) is 5.07. The fraction of sp³-hybridized carbons (Fsp3) is 0.370.